The molecule has 17 heavy (non-hydrogen) atoms. The van der Waals surface area contributed by atoms with E-state index in [0.717, 1.165) is 25.9 Å². The summed E-state index contributed by atoms with van der Waals surface area (Å²) in [5.41, 5.74) is 0. The molecule has 1 aromatic rings. The lowest BCUT2D eigenvalue weighted by Gasteiger charge is -2.30. The van der Waals surface area contributed by atoms with Crippen LogP contribution in [0.2, 0.25) is 0 Å². The summed E-state index contributed by atoms with van der Waals surface area (Å²) < 4.78 is 38.9. The fourth-order valence-electron chi connectivity index (χ4n) is 2.02. The second-order valence-corrected chi connectivity index (χ2v) is 4.34. The third-order valence-corrected chi connectivity index (χ3v) is 2.85. The van der Waals surface area contributed by atoms with E-state index in [1.807, 2.05) is 7.05 Å². The molecule has 0 spiro atoms. The Labute approximate surface area is 97.6 Å². The van der Waals surface area contributed by atoms with Crippen molar-refractivity contribution in [3.63, 3.8) is 0 Å². The first-order valence-electron chi connectivity index (χ1n) is 5.53. The van der Waals surface area contributed by atoms with E-state index in [4.69, 9.17) is 0 Å². The Morgan fingerprint density at radius 1 is 1.35 bits per heavy atom. The average molecular weight is 245 g/mol. The summed E-state index contributed by atoms with van der Waals surface area (Å²) >= 11 is 0. The largest absolute Gasteiger partial charge is 0.364 e. The molecule has 94 valence electrons. The molecule has 1 unspecified atom stereocenters. The highest BCUT2D eigenvalue weighted by Crippen LogP contribution is 2.18. The zero-order valence-corrected chi connectivity index (χ0v) is 9.51. The topological polar surface area (TPSA) is 28.2 Å². The Hall–Kier alpha value is -1.30. The molecule has 0 saturated carbocycles. The number of likely N-dealkylation sites (N-methyl/N-ethyl adjacent to an activating group) is 1. The Morgan fingerprint density at radius 2 is 2.12 bits per heavy atom. The Morgan fingerprint density at radius 3 is 2.82 bits per heavy atom. The van der Waals surface area contributed by atoms with Crippen molar-refractivity contribution in [3.05, 3.63) is 23.6 Å². The van der Waals surface area contributed by atoms with Crippen molar-refractivity contribution in [2.45, 2.75) is 18.9 Å². The van der Waals surface area contributed by atoms with E-state index in [0.29, 0.717) is 6.07 Å². The molecule has 2 rings (SSSR count). The number of hydrogen-bond donors (Lipinski definition) is 1. The number of halogens is 3. The summed E-state index contributed by atoms with van der Waals surface area (Å²) in [4.78, 5) is 5.34. The average Bonchev–Trinajstić information content (AvgIpc) is 2.26. The van der Waals surface area contributed by atoms with Crippen LogP contribution < -0.4 is 5.32 Å². The lowest BCUT2D eigenvalue weighted by atomic mass is 10.1. The molecule has 1 atom stereocenters. The first-order valence-corrected chi connectivity index (χ1v) is 5.53. The van der Waals surface area contributed by atoms with Crippen LogP contribution in [0.1, 0.15) is 12.8 Å². The van der Waals surface area contributed by atoms with Gasteiger partial charge in [0.2, 0.25) is 0 Å². The molecule has 3 nitrogen and oxygen atoms in total. The van der Waals surface area contributed by atoms with Gasteiger partial charge in [-0.1, -0.05) is 0 Å². The van der Waals surface area contributed by atoms with Gasteiger partial charge in [-0.3, -0.25) is 0 Å². The van der Waals surface area contributed by atoms with Crippen molar-refractivity contribution >= 4 is 5.82 Å². The number of hydrogen-bond acceptors (Lipinski definition) is 3. The number of nitrogens with one attached hydrogen (secondary N) is 1. The molecule has 1 fully saturated rings. The van der Waals surface area contributed by atoms with E-state index in [9.17, 15) is 13.2 Å². The van der Waals surface area contributed by atoms with Crippen molar-refractivity contribution in [1.82, 2.24) is 9.88 Å². The molecule has 0 bridgehead atoms. The maximum absolute atomic E-state index is 13.3. The number of aromatic nitrogens is 1. The highest BCUT2D eigenvalue weighted by atomic mass is 19.2. The van der Waals surface area contributed by atoms with Crippen LogP contribution in [0.5, 0.6) is 0 Å². The molecule has 6 heteroatoms. The summed E-state index contributed by atoms with van der Waals surface area (Å²) in [5.74, 6) is -3.63. The van der Waals surface area contributed by atoms with Crippen molar-refractivity contribution in [1.29, 1.82) is 0 Å². The van der Waals surface area contributed by atoms with E-state index in [-0.39, 0.29) is 11.9 Å². The molecule has 0 aliphatic carbocycles. The minimum atomic E-state index is -1.28. The molecule has 1 saturated heterocycles. The number of rotatable bonds is 2. The number of pyridine rings is 1. The van der Waals surface area contributed by atoms with Crippen LogP contribution in [0.3, 0.4) is 0 Å². The van der Waals surface area contributed by atoms with Crippen LogP contribution >= 0.6 is 0 Å². The van der Waals surface area contributed by atoms with Crippen LogP contribution in [-0.2, 0) is 0 Å². The fraction of sp³-hybridized carbons (Fsp3) is 0.545. The van der Waals surface area contributed by atoms with Gasteiger partial charge in [0.15, 0.2) is 17.5 Å². The highest BCUT2D eigenvalue weighted by Gasteiger charge is 2.20. The molecule has 1 aliphatic rings. The zero-order valence-electron chi connectivity index (χ0n) is 9.51. The van der Waals surface area contributed by atoms with Crippen molar-refractivity contribution in [3.8, 4) is 0 Å². The lowest BCUT2D eigenvalue weighted by Crippen LogP contribution is -2.40. The summed E-state index contributed by atoms with van der Waals surface area (Å²) in [6, 6.07) is 0.526. The molecule has 0 aromatic carbocycles. The summed E-state index contributed by atoms with van der Waals surface area (Å²) in [6.45, 7) is 1.73. The van der Waals surface area contributed by atoms with Gasteiger partial charge >= 0.3 is 0 Å². The van der Waals surface area contributed by atoms with Crippen molar-refractivity contribution in [2.24, 2.45) is 0 Å². The van der Waals surface area contributed by atoms with Crippen LogP contribution in [0.15, 0.2) is 6.07 Å². The highest BCUT2D eigenvalue weighted by molar-refractivity contribution is 5.37. The molecule has 1 aromatic heterocycles. The van der Waals surface area contributed by atoms with E-state index in [2.05, 4.69) is 15.2 Å². The minimum absolute atomic E-state index is 0.0145. The maximum Gasteiger partial charge on any atom is 0.251 e. The predicted molar refractivity (Wildman–Crippen MR) is 58.3 cm³/mol. The summed E-state index contributed by atoms with van der Waals surface area (Å²) in [7, 11) is 1.96. The Balaban J connectivity index is 2.10. The SMILES string of the molecule is CN1CCCC(Nc2nc(F)c(F)cc2F)C1. The lowest BCUT2D eigenvalue weighted by molar-refractivity contribution is 0.260. The first-order chi connectivity index (χ1) is 8.06. The van der Waals surface area contributed by atoms with Gasteiger partial charge in [0.1, 0.15) is 0 Å². The van der Waals surface area contributed by atoms with Gasteiger partial charge in [0.25, 0.3) is 5.95 Å². The first kappa shape index (κ1) is 12.2. The summed E-state index contributed by atoms with van der Waals surface area (Å²) in [6.07, 6.45) is 1.85. The smallest absolute Gasteiger partial charge is 0.251 e. The second kappa shape index (κ2) is 4.91. The van der Waals surface area contributed by atoms with E-state index in [1.165, 1.54) is 0 Å². The Kier molecular flexibility index (Phi) is 3.51. The fourth-order valence-corrected chi connectivity index (χ4v) is 2.02. The van der Waals surface area contributed by atoms with Crippen LogP contribution in [0, 0.1) is 17.6 Å². The summed E-state index contributed by atoms with van der Waals surface area (Å²) in [5, 5.41) is 2.81. The van der Waals surface area contributed by atoms with Gasteiger partial charge in [-0.05, 0) is 26.4 Å². The standard InChI is InChI=1S/C11H14F3N3/c1-17-4-2-3-7(6-17)15-11-9(13)5-8(12)10(14)16-11/h5,7H,2-4,6H2,1H3,(H,15,16). The number of anilines is 1. The Bertz CT molecular complexity index is 411. The van der Waals surface area contributed by atoms with Gasteiger partial charge in [-0.15, -0.1) is 0 Å². The van der Waals surface area contributed by atoms with Gasteiger partial charge in [-0.25, -0.2) is 8.78 Å². The van der Waals surface area contributed by atoms with Gasteiger partial charge in [0.05, 0.1) is 0 Å². The molecule has 1 N–H and O–H groups in total. The molecule has 0 amide bonds. The minimum Gasteiger partial charge on any atom is -0.364 e. The third kappa shape index (κ3) is 2.88. The van der Waals surface area contributed by atoms with Gasteiger partial charge in [0, 0.05) is 18.7 Å². The quantitative estimate of drug-likeness (QED) is 0.808. The predicted octanol–water partition coefficient (Wildman–Crippen LogP) is 2.00. The van der Waals surface area contributed by atoms with Crippen molar-refractivity contribution in [2.75, 3.05) is 25.5 Å². The van der Waals surface area contributed by atoms with Crippen LogP contribution in [0.25, 0.3) is 0 Å². The molecular weight excluding hydrogens is 231 g/mol. The van der Waals surface area contributed by atoms with Gasteiger partial charge in [-0.2, -0.15) is 9.37 Å². The molecule has 0 radical (unpaired) electrons. The molecular formula is C11H14F3N3. The van der Waals surface area contributed by atoms with Gasteiger partial charge < -0.3 is 10.2 Å². The van der Waals surface area contributed by atoms with E-state index < -0.39 is 17.6 Å². The number of piperidine rings is 1. The van der Waals surface area contributed by atoms with Crippen LogP contribution in [-0.4, -0.2) is 36.1 Å². The van der Waals surface area contributed by atoms with E-state index in [1.54, 1.807) is 0 Å². The third-order valence-electron chi connectivity index (χ3n) is 2.85. The van der Waals surface area contributed by atoms with E-state index >= 15 is 0 Å². The normalized spacial score (nSPS) is 21.5. The van der Waals surface area contributed by atoms with Crippen LogP contribution in [0.4, 0.5) is 19.0 Å². The number of nitrogens with zero attached hydrogens (tertiary/aromatic N) is 2. The molecule has 2 heterocycles. The van der Waals surface area contributed by atoms with Crippen molar-refractivity contribution < 1.29 is 13.2 Å². The maximum atomic E-state index is 13.3. The molecule has 1 aliphatic heterocycles. The number of likely N-dealkylation sites (tertiary alicyclic amines) is 1. The zero-order chi connectivity index (χ0) is 12.4. The second-order valence-electron chi connectivity index (χ2n) is 4.34. The monoisotopic (exact) mass is 245 g/mol.